The summed E-state index contributed by atoms with van der Waals surface area (Å²) in [7, 11) is 2.91. The highest BCUT2D eigenvalue weighted by atomic mass is 32.1. The predicted molar refractivity (Wildman–Crippen MR) is 157 cm³/mol. The molecule has 2 fully saturated rings. The number of thiazole rings is 2. The van der Waals surface area contributed by atoms with Crippen LogP contribution in [0, 0.1) is 10.8 Å². The normalized spacial score (nSPS) is 18.4. The van der Waals surface area contributed by atoms with E-state index in [1.165, 1.54) is 32.0 Å². The largest absolute Gasteiger partial charge is 0.469 e. The fraction of sp³-hybridized carbons (Fsp3) is 0.571. The molecule has 3 aromatic rings. The first-order valence-corrected chi connectivity index (χ1v) is 15.7. The number of thiocarbonyl (C=S) groups is 1. The first-order valence-electron chi connectivity index (χ1n) is 13.6. The molecule has 0 spiro atoms. The summed E-state index contributed by atoms with van der Waals surface area (Å²) >= 11 is 8.48. The minimum absolute atomic E-state index is 0.0533. The Kier molecular flexibility index (Phi) is 10.8. The van der Waals surface area contributed by atoms with Gasteiger partial charge in [-0.15, -0.1) is 22.7 Å². The van der Waals surface area contributed by atoms with Gasteiger partial charge in [0, 0.05) is 42.0 Å². The first kappa shape index (κ1) is 30.3. The molecule has 0 radical (unpaired) electrons. The molecule has 0 aromatic carbocycles. The molecular weight excluding hydrogens is 569 g/mol. The van der Waals surface area contributed by atoms with Crippen molar-refractivity contribution < 1.29 is 23.8 Å². The van der Waals surface area contributed by atoms with Gasteiger partial charge < -0.3 is 14.2 Å². The number of nitrogens with zero attached hydrogens (tertiary/aromatic N) is 4. The number of esters is 2. The lowest BCUT2D eigenvalue weighted by atomic mass is 9.70. The molecule has 40 heavy (non-hydrogen) atoms. The number of rotatable bonds is 7. The standard InChI is InChI=1S/C16H19N3O3S2.C12H17NO2S/c1-21-14(20)16(5-3-2-4-6-16)12(13-18-8-10-24-13)22-15(23)19-9-7-17-11-19;1-15-11(14)12(5-3-2-4-6-12)9-10-13-7-8-16-10/h7-12H,2-6H2,1H3;7-8H,2-6,9H2,1H3. The summed E-state index contributed by atoms with van der Waals surface area (Å²) < 4.78 is 17.8. The number of methoxy groups -OCH3 is 2. The smallest absolute Gasteiger partial charge is 0.316 e. The number of imidazole rings is 1. The third-order valence-corrected chi connectivity index (χ3v) is 9.76. The molecule has 0 N–H and O–H groups in total. The van der Waals surface area contributed by atoms with Crippen LogP contribution < -0.4 is 0 Å². The van der Waals surface area contributed by atoms with E-state index in [0.29, 0.717) is 12.8 Å². The summed E-state index contributed by atoms with van der Waals surface area (Å²) in [6, 6.07) is 0. The van der Waals surface area contributed by atoms with E-state index in [1.807, 2.05) is 10.8 Å². The van der Waals surface area contributed by atoms with Crippen LogP contribution in [0.15, 0.2) is 41.9 Å². The van der Waals surface area contributed by atoms with Crippen molar-refractivity contribution in [2.75, 3.05) is 14.2 Å². The van der Waals surface area contributed by atoms with Crippen LogP contribution >= 0.6 is 34.9 Å². The fourth-order valence-corrected chi connectivity index (χ4v) is 7.52. The van der Waals surface area contributed by atoms with Gasteiger partial charge in [-0.05, 0) is 37.9 Å². The second-order valence-corrected chi connectivity index (χ2v) is 12.5. The summed E-state index contributed by atoms with van der Waals surface area (Å²) in [6.45, 7) is 0. The number of hydrogen-bond acceptors (Lipinski definition) is 11. The van der Waals surface area contributed by atoms with Crippen molar-refractivity contribution in [2.45, 2.75) is 76.7 Å². The molecule has 2 aliphatic carbocycles. The minimum Gasteiger partial charge on any atom is -0.469 e. The Labute approximate surface area is 248 Å². The lowest BCUT2D eigenvalue weighted by Crippen LogP contribution is -2.42. The molecule has 1 unspecified atom stereocenters. The van der Waals surface area contributed by atoms with E-state index in [2.05, 4.69) is 15.0 Å². The second-order valence-electron chi connectivity index (χ2n) is 10.2. The average Bonchev–Trinajstić information content (AvgIpc) is 3.81. The number of carbonyl (C=O) groups is 2. The van der Waals surface area contributed by atoms with Gasteiger partial charge in [-0.2, -0.15) is 0 Å². The van der Waals surface area contributed by atoms with E-state index in [1.54, 1.807) is 47.0 Å². The van der Waals surface area contributed by atoms with E-state index in [9.17, 15) is 9.59 Å². The second kappa shape index (κ2) is 14.3. The summed E-state index contributed by atoms with van der Waals surface area (Å²) in [4.78, 5) is 37.3. The Morgan fingerprint density at radius 3 is 2.12 bits per heavy atom. The van der Waals surface area contributed by atoms with Gasteiger partial charge in [0.05, 0.1) is 24.6 Å². The number of carbonyl (C=O) groups excluding carboxylic acids is 2. The Morgan fingerprint density at radius 1 is 0.925 bits per heavy atom. The number of ether oxygens (including phenoxy) is 3. The highest BCUT2D eigenvalue weighted by Crippen LogP contribution is 2.49. The van der Waals surface area contributed by atoms with Crippen molar-refractivity contribution in [3.8, 4) is 0 Å². The Bertz CT molecular complexity index is 1200. The molecule has 0 amide bonds. The SMILES string of the molecule is COC(=O)C1(C(OC(=S)n2ccnc2)c2nccs2)CCCCC1.COC(=O)C1(Cc2nccs2)CCCCC1. The van der Waals surface area contributed by atoms with Crippen molar-refractivity contribution in [2.24, 2.45) is 10.8 Å². The monoisotopic (exact) mass is 604 g/mol. The van der Waals surface area contributed by atoms with Gasteiger partial charge in [-0.1, -0.05) is 38.5 Å². The van der Waals surface area contributed by atoms with E-state index in [4.69, 9.17) is 26.4 Å². The van der Waals surface area contributed by atoms with Gasteiger partial charge >= 0.3 is 11.9 Å². The van der Waals surface area contributed by atoms with Crippen LogP contribution in [0.4, 0.5) is 0 Å². The Balaban J connectivity index is 0.000000201. The summed E-state index contributed by atoms with van der Waals surface area (Å²) in [5, 5.41) is 5.88. The van der Waals surface area contributed by atoms with E-state index < -0.39 is 11.5 Å². The number of aromatic nitrogens is 4. The van der Waals surface area contributed by atoms with E-state index in [0.717, 1.165) is 61.4 Å². The van der Waals surface area contributed by atoms with Crippen molar-refractivity contribution in [3.63, 3.8) is 0 Å². The molecule has 0 aliphatic heterocycles. The maximum Gasteiger partial charge on any atom is 0.316 e. The van der Waals surface area contributed by atoms with Crippen LogP contribution in [0.2, 0.25) is 0 Å². The molecule has 5 rings (SSSR count). The molecule has 3 aromatic heterocycles. The third-order valence-electron chi connectivity index (χ3n) is 7.85. The zero-order valence-corrected chi connectivity index (χ0v) is 25.4. The van der Waals surface area contributed by atoms with Gasteiger partial charge in [0.2, 0.25) is 0 Å². The first-order chi connectivity index (χ1) is 19.4. The van der Waals surface area contributed by atoms with Crippen LogP contribution in [0.1, 0.15) is 80.3 Å². The molecule has 12 heteroatoms. The lowest BCUT2D eigenvalue weighted by Gasteiger charge is -2.39. The maximum absolute atomic E-state index is 12.7. The van der Waals surface area contributed by atoms with Crippen molar-refractivity contribution in [1.82, 2.24) is 19.5 Å². The quantitative estimate of drug-likeness (QED) is 0.231. The van der Waals surface area contributed by atoms with E-state index >= 15 is 0 Å². The zero-order chi connectivity index (χ0) is 28.4. The van der Waals surface area contributed by atoms with Gasteiger partial charge in [0.15, 0.2) is 6.10 Å². The topological polar surface area (TPSA) is 105 Å². The van der Waals surface area contributed by atoms with Crippen LogP contribution in [0.5, 0.6) is 0 Å². The summed E-state index contributed by atoms with van der Waals surface area (Å²) in [5.41, 5.74) is -1.06. The van der Waals surface area contributed by atoms with Gasteiger partial charge in [-0.25, -0.2) is 15.0 Å². The zero-order valence-electron chi connectivity index (χ0n) is 23.0. The molecule has 2 saturated carbocycles. The molecular formula is C28H36N4O5S3. The van der Waals surface area contributed by atoms with Gasteiger partial charge in [0.1, 0.15) is 16.7 Å². The summed E-state index contributed by atoms with van der Waals surface area (Å²) in [6.07, 6.45) is 18.4. The molecule has 3 heterocycles. The van der Waals surface area contributed by atoms with Crippen molar-refractivity contribution >= 4 is 52.0 Å². The predicted octanol–water partition coefficient (Wildman–Crippen LogP) is 6.16. The molecule has 9 nitrogen and oxygen atoms in total. The lowest BCUT2D eigenvalue weighted by molar-refractivity contribution is -0.163. The highest BCUT2D eigenvalue weighted by Gasteiger charge is 2.51. The average molecular weight is 605 g/mol. The van der Waals surface area contributed by atoms with Crippen LogP contribution in [-0.4, -0.2) is 50.9 Å². The minimum atomic E-state index is -0.754. The fourth-order valence-electron chi connectivity index (χ4n) is 5.78. The third kappa shape index (κ3) is 6.95. The Hall–Kier alpha value is -2.70. The number of hydrogen-bond donors (Lipinski definition) is 0. The van der Waals surface area contributed by atoms with Crippen molar-refractivity contribution in [1.29, 1.82) is 0 Å². The molecule has 1 atom stereocenters. The van der Waals surface area contributed by atoms with Gasteiger partial charge in [0.25, 0.3) is 5.17 Å². The maximum atomic E-state index is 12.7. The van der Waals surface area contributed by atoms with Crippen LogP contribution in [0.25, 0.3) is 0 Å². The molecule has 216 valence electrons. The van der Waals surface area contributed by atoms with Gasteiger partial charge in [-0.3, -0.25) is 14.2 Å². The molecule has 2 aliphatic rings. The molecule has 0 saturated heterocycles. The van der Waals surface area contributed by atoms with Crippen molar-refractivity contribution in [3.05, 3.63) is 51.9 Å². The van der Waals surface area contributed by atoms with E-state index in [-0.39, 0.29) is 22.5 Å². The van der Waals surface area contributed by atoms with Crippen LogP contribution in [0.3, 0.4) is 0 Å². The molecule has 0 bridgehead atoms. The highest BCUT2D eigenvalue weighted by molar-refractivity contribution is 7.80. The Morgan fingerprint density at radius 2 is 1.57 bits per heavy atom. The van der Waals surface area contributed by atoms with Crippen LogP contribution in [-0.2, 0) is 30.2 Å². The summed E-state index contributed by atoms with van der Waals surface area (Å²) in [5.74, 6) is -0.307.